The van der Waals surface area contributed by atoms with E-state index in [-0.39, 0.29) is 17.6 Å². The van der Waals surface area contributed by atoms with Crippen molar-refractivity contribution in [2.24, 2.45) is 0 Å². The fourth-order valence-electron chi connectivity index (χ4n) is 1.36. The van der Waals surface area contributed by atoms with E-state index in [9.17, 15) is 9.59 Å². The van der Waals surface area contributed by atoms with Crippen molar-refractivity contribution in [3.05, 3.63) is 53.8 Å². The van der Waals surface area contributed by atoms with Crippen molar-refractivity contribution >= 4 is 28.2 Å². The van der Waals surface area contributed by atoms with Gasteiger partial charge in [0, 0.05) is 6.54 Å². The van der Waals surface area contributed by atoms with Gasteiger partial charge in [-0.15, -0.1) is 17.9 Å². The molecule has 0 saturated carbocycles. The average Bonchev–Trinajstić information content (AvgIpc) is 3.06. The molecule has 5 nitrogen and oxygen atoms in total. The number of hydrogen-bond donors (Lipinski definition) is 2. The van der Waals surface area contributed by atoms with Crippen molar-refractivity contribution in [1.29, 1.82) is 0 Å². The first-order chi connectivity index (χ1) is 9.20. The van der Waals surface area contributed by atoms with Crippen LogP contribution in [0.5, 0.6) is 0 Å². The molecule has 2 rings (SSSR count). The molecule has 0 spiro atoms. The fourth-order valence-corrected chi connectivity index (χ4v) is 2.18. The zero-order valence-electron chi connectivity index (χ0n) is 10.0. The lowest BCUT2D eigenvalue weighted by Crippen LogP contribution is -2.21. The zero-order valence-corrected chi connectivity index (χ0v) is 10.8. The van der Waals surface area contributed by atoms with E-state index in [1.54, 1.807) is 30.3 Å². The molecule has 2 heterocycles. The lowest BCUT2D eigenvalue weighted by molar-refractivity contribution is 0.0960. The maximum absolute atomic E-state index is 11.7. The Labute approximate surface area is 113 Å². The number of anilines is 1. The fraction of sp³-hybridized carbons (Fsp3) is 0.0769. The molecular weight excluding hydrogens is 264 g/mol. The number of carbonyl (C=O) groups excluding carboxylic acids is 2. The summed E-state index contributed by atoms with van der Waals surface area (Å²) in [5.74, 6) is -0.306. The van der Waals surface area contributed by atoms with E-state index in [0.29, 0.717) is 16.4 Å². The molecule has 0 aromatic carbocycles. The number of furan rings is 1. The maximum Gasteiger partial charge on any atom is 0.291 e. The molecule has 2 aromatic rings. The summed E-state index contributed by atoms with van der Waals surface area (Å²) < 4.78 is 4.98. The monoisotopic (exact) mass is 276 g/mol. The highest BCUT2D eigenvalue weighted by Crippen LogP contribution is 2.22. The predicted molar refractivity (Wildman–Crippen MR) is 73.5 cm³/mol. The minimum absolute atomic E-state index is 0.191. The van der Waals surface area contributed by atoms with Gasteiger partial charge >= 0.3 is 0 Å². The maximum atomic E-state index is 11.7. The number of thiophene rings is 1. The van der Waals surface area contributed by atoms with Gasteiger partial charge in [-0.1, -0.05) is 6.08 Å². The first-order valence-electron chi connectivity index (χ1n) is 5.54. The third-order valence-corrected chi connectivity index (χ3v) is 3.22. The standard InChI is InChI=1S/C13H12N2O3S/c1-2-7-14-13(17)10-5-6-11(19-10)15-12(16)9-4-3-8-18-9/h2-6,8H,1,7H2,(H,14,17)(H,15,16). The number of carbonyl (C=O) groups is 2. The van der Waals surface area contributed by atoms with E-state index in [1.807, 2.05) is 0 Å². The van der Waals surface area contributed by atoms with E-state index >= 15 is 0 Å². The smallest absolute Gasteiger partial charge is 0.291 e. The Kier molecular flexibility index (Phi) is 4.15. The summed E-state index contributed by atoms with van der Waals surface area (Å²) >= 11 is 1.20. The molecule has 98 valence electrons. The third-order valence-electron chi connectivity index (χ3n) is 2.22. The van der Waals surface area contributed by atoms with Gasteiger partial charge in [-0.2, -0.15) is 0 Å². The summed E-state index contributed by atoms with van der Waals surface area (Å²) in [5.41, 5.74) is 0. The Morgan fingerprint density at radius 2 is 2.16 bits per heavy atom. The van der Waals surface area contributed by atoms with Gasteiger partial charge in [0.25, 0.3) is 11.8 Å². The quantitative estimate of drug-likeness (QED) is 0.824. The van der Waals surface area contributed by atoms with Crippen molar-refractivity contribution in [3.8, 4) is 0 Å². The summed E-state index contributed by atoms with van der Waals surface area (Å²) in [6.07, 6.45) is 3.03. The Bertz CT molecular complexity index is 587. The van der Waals surface area contributed by atoms with E-state index in [1.165, 1.54) is 17.6 Å². The lowest BCUT2D eigenvalue weighted by atomic mass is 10.4. The minimum Gasteiger partial charge on any atom is -0.459 e. The van der Waals surface area contributed by atoms with Crippen LogP contribution in [0, 0.1) is 0 Å². The molecule has 2 amide bonds. The molecule has 0 aliphatic carbocycles. The van der Waals surface area contributed by atoms with Crippen LogP contribution < -0.4 is 10.6 Å². The van der Waals surface area contributed by atoms with Crippen LogP contribution in [0.4, 0.5) is 5.00 Å². The van der Waals surface area contributed by atoms with Gasteiger partial charge in [0.15, 0.2) is 5.76 Å². The molecule has 0 aliphatic heterocycles. The van der Waals surface area contributed by atoms with E-state index in [0.717, 1.165) is 0 Å². The van der Waals surface area contributed by atoms with Crippen molar-refractivity contribution < 1.29 is 14.0 Å². The molecule has 0 radical (unpaired) electrons. The summed E-state index contributed by atoms with van der Waals surface area (Å²) in [6, 6.07) is 6.54. The first-order valence-corrected chi connectivity index (χ1v) is 6.36. The molecule has 0 bridgehead atoms. The van der Waals surface area contributed by atoms with Gasteiger partial charge in [0.1, 0.15) is 0 Å². The summed E-state index contributed by atoms with van der Waals surface area (Å²) in [6.45, 7) is 3.93. The predicted octanol–water partition coefficient (Wildman–Crippen LogP) is 2.51. The van der Waals surface area contributed by atoms with Crippen LogP contribution in [0.1, 0.15) is 20.2 Å². The Balaban J connectivity index is 1.99. The molecular formula is C13H12N2O3S. The largest absolute Gasteiger partial charge is 0.459 e. The van der Waals surface area contributed by atoms with Crippen LogP contribution in [0.25, 0.3) is 0 Å². The molecule has 2 N–H and O–H groups in total. The van der Waals surface area contributed by atoms with Gasteiger partial charge in [-0.05, 0) is 24.3 Å². The average molecular weight is 276 g/mol. The van der Waals surface area contributed by atoms with Gasteiger partial charge in [-0.3, -0.25) is 9.59 Å². The number of rotatable bonds is 5. The number of amides is 2. The minimum atomic E-state index is -0.343. The highest BCUT2D eigenvalue weighted by molar-refractivity contribution is 7.18. The second-order valence-electron chi connectivity index (χ2n) is 3.59. The third kappa shape index (κ3) is 3.32. The Hall–Kier alpha value is -2.34. The Morgan fingerprint density at radius 3 is 2.84 bits per heavy atom. The van der Waals surface area contributed by atoms with E-state index in [2.05, 4.69) is 17.2 Å². The molecule has 2 aromatic heterocycles. The summed E-state index contributed by atoms with van der Waals surface area (Å²) in [7, 11) is 0. The van der Waals surface area contributed by atoms with Crippen LogP contribution in [0.15, 0.2) is 47.6 Å². The van der Waals surface area contributed by atoms with E-state index < -0.39 is 0 Å². The molecule has 0 fully saturated rings. The van der Waals surface area contributed by atoms with Gasteiger partial charge < -0.3 is 15.1 Å². The van der Waals surface area contributed by atoms with Gasteiger partial charge in [0.05, 0.1) is 16.1 Å². The van der Waals surface area contributed by atoms with Crippen LogP contribution in [0.2, 0.25) is 0 Å². The van der Waals surface area contributed by atoms with Crippen LogP contribution >= 0.6 is 11.3 Å². The topological polar surface area (TPSA) is 71.3 Å². The molecule has 19 heavy (non-hydrogen) atoms. The number of nitrogens with one attached hydrogen (secondary N) is 2. The molecule has 0 saturated heterocycles. The second kappa shape index (κ2) is 6.01. The van der Waals surface area contributed by atoms with E-state index in [4.69, 9.17) is 4.42 Å². The molecule has 0 unspecified atom stereocenters. The molecule has 6 heteroatoms. The summed E-state index contributed by atoms with van der Waals surface area (Å²) in [5, 5.41) is 5.91. The first kappa shape index (κ1) is 13.1. The number of hydrogen-bond acceptors (Lipinski definition) is 4. The van der Waals surface area contributed by atoms with Crippen molar-refractivity contribution in [3.63, 3.8) is 0 Å². The molecule has 0 atom stereocenters. The summed E-state index contributed by atoms with van der Waals surface area (Å²) in [4.78, 5) is 23.9. The van der Waals surface area contributed by atoms with Crippen LogP contribution in [-0.4, -0.2) is 18.4 Å². The van der Waals surface area contributed by atoms with Crippen LogP contribution in [-0.2, 0) is 0 Å². The van der Waals surface area contributed by atoms with Crippen LogP contribution in [0.3, 0.4) is 0 Å². The Morgan fingerprint density at radius 1 is 1.32 bits per heavy atom. The van der Waals surface area contributed by atoms with Crippen molar-refractivity contribution in [1.82, 2.24) is 5.32 Å². The van der Waals surface area contributed by atoms with Gasteiger partial charge in [0.2, 0.25) is 0 Å². The van der Waals surface area contributed by atoms with Gasteiger partial charge in [-0.25, -0.2) is 0 Å². The molecule has 0 aliphatic rings. The van der Waals surface area contributed by atoms with Crippen molar-refractivity contribution in [2.75, 3.05) is 11.9 Å². The normalized spacial score (nSPS) is 9.89. The second-order valence-corrected chi connectivity index (χ2v) is 4.68. The van der Waals surface area contributed by atoms with Crippen molar-refractivity contribution in [2.45, 2.75) is 0 Å². The highest BCUT2D eigenvalue weighted by atomic mass is 32.1. The SMILES string of the molecule is C=CCNC(=O)c1ccc(NC(=O)c2ccco2)s1. The zero-order chi connectivity index (χ0) is 13.7. The highest BCUT2D eigenvalue weighted by Gasteiger charge is 2.12. The lowest BCUT2D eigenvalue weighted by Gasteiger charge is -1.99.